The summed E-state index contributed by atoms with van der Waals surface area (Å²) in [4.78, 5) is 2.05. The molecule has 0 saturated carbocycles. The maximum Gasteiger partial charge on any atom is 0.142 e. The first-order chi connectivity index (χ1) is 9.17. The van der Waals surface area contributed by atoms with Crippen LogP contribution in [0, 0.1) is 0 Å². The van der Waals surface area contributed by atoms with E-state index in [1.165, 1.54) is 0 Å². The van der Waals surface area contributed by atoms with Crippen molar-refractivity contribution in [3.63, 3.8) is 0 Å². The van der Waals surface area contributed by atoms with Gasteiger partial charge in [-0.2, -0.15) is 0 Å². The summed E-state index contributed by atoms with van der Waals surface area (Å²) < 4.78 is 6.31. The molecule has 0 saturated heterocycles. The van der Waals surface area contributed by atoms with Gasteiger partial charge >= 0.3 is 0 Å². The van der Waals surface area contributed by atoms with E-state index in [0.29, 0.717) is 0 Å². The van der Waals surface area contributed by atoms with Gasteiger partial charge in [-0.1, -0.05) is 18.2 Å². The molecule has 0 aliphatic carbocycles. The Morgan fingerprint density at radius 1 is 1.16 bits per heavy atom. The summed E-state index contributed by atoms with van der Waals surface area (Å²) in [6, 6.07) is 13.7. The third-order valence-electron chi connectivity index (χ3n) is 3.00. The third-order valence-corrected chi connectivity index (χ3v) is 3.64. The minimum Gasteiger partial charge on any atom is -0.495 e. The summed E-state index contributed by atoms with van der Waals surface area (Å²) >= 11 is 3.54. The van der Waals surface area contributed by atoms with Crippen LogP contribution in [-0.4, -0.2) is 19.3 Å². The Kier molecular flexibility index (Phi) is 4.45. The van der Waals surface area contributed by atoms with Crippen LogP contribution in [0.1, 0.15) is 5.56 Å². The molecule has 0 amide bonds. The fourth-order valence-electron chi connectivity index (χ4n) is 1.96. The van der Waals surface area contributed by atoms with E-state index in [-0.39, 0.29) is 6.61 Å². The highest BCUT2D eigenvalue weighted by atomic mass is 79.9. The van der Waals surface area contributed by atoms with E-state index in [0.717, 1.165) is 27.2 Å². The van der Waals surface area contributed by atoms with Crippen LogP contribution in [0.5, 0.6) is 5.75 Å². The van der Waals surface area contributed by atoms with Gasteiger partial charge in [0.05, 0.1) is 25.1 Å². The van der Waals surface area contributed by atoms with E-state index in [9.17, 15) is 0 Å². The van der Waals surface area contributed by atoms with E-state index in [1.807, 2.05) is 54.4 Å². The Morgan fingerprint density at radius 3 is 2.53 bits per heavy atom. The first kappa shape index (κ1) is 13.9. The molecule has 0 radical (unpaired) electrons. The molecule has 0 fully saturated rings. The van der Waals surface area contributed by atoms with Crippen molar-refractivity contribution in [2.75, 3.05) is 19.1 Å². The van der Waals surface area contributed by atoms with Crippen molar-refractivity contribution >= 4 is 27.3 Å². The number of rotatable bonds is 4. The first-order valence-corrected chi connectivity index (χ1v) is 6.72. The van der Waals surface area contributed by atoms with E-state index < -0.39 is 0 Å². The summed E-state index contributed by atoms with van der Waals surface area (Å²) in [5.74, 6) is 0.822. The summed E-state index contributed by atoms with van der Waals surface area (Å²) in [5, 5.41) is 9.14. The predicted octanol–water partition coefficient (Wildman–Crippen LogP) is 3.72. The van der Waals surface area contributed by atoms with Crippen molar-refractivity contribution in [1.82, 2.24) is 0 Å². The number of hydrogen-bond donors (Lipinski definition) is 1. The number of halogens is 1. The molecular weight excluding hydrogens is 306 g/mol. The van der Waals surface area contributed by atoms with Crippen molar-refractivity contribution in [2.24, 2.45) is 0 Å². The highest BCUT2D eigenvalue weighted by molar-refractivity contribution is 9.10. The van der Waals surface area contributed by atoms with Gasteiger partial charge in [0.25, 0.3) is 0 Å². The van der Waals surface area contributed by atoms with E-state index in [4.69, 9.17) is 9.84 Å². The second kappa shape index (κ2) is 6.08. The van der Waals surface area contributed by atoms with Crippen LogP contribution in [0.4, 0.5) is 11.4 Å². The predicted molar refractivity (Wildman–Crippen MR) is 81.1 cm³/mol. The molecule has 3 nitrogen and oxygen atoms in total. The number of ether oxygens (including phenoxy) is 1. The lowest BCUT2D eigenvalue weighted by atomic mass is 10.2. The van der Waals surface area contributed by atoms with E-state index >= 15 is 0 Å². The minimum atomic E-state index is 0.0389. The number of anilines is 2. The Bertz CT molecular complexity index is 572. The Balaban J connectivity index is 2.41. The van der Waals surface area contributed by atoms with Gasteiger partial charge in [-0.3, -0.25) is 0 Å². The average Bonchev–Trinajstić information content (AvgIpc) is 2.46. The normalized spacial score (nSPS) is 10.3. The zero-order chi connectivity index (χ0) is 13.8. The highest BCUT2D eigenvalue weighted by Crippen LogP contribution is 2.36. The fourth-order valence-corrected chi connectivity index (χ4v) is 2.65. The number of para-hydroxylation sites is 2. The molecule has 4 heteroatoms. The van der Waals surface area contributed by atoms with Crippen molar-refractivity contribution < 1.29 is 9.84 Å². The Labute approximate surface area is 121 Å². The molecule has 0 atom stereocenters. The van der Waals surface area contributed by atoms with Gasteiger partial charge in [-0.15, -0.1) is 0 Å². The van der Waals surface area contributed by atoms with Gasteiger partial charge in [0.15, 0.2) is 0 Å². The van der Waals surface area contributed by atoms with Crippen LogP contribution >= 0.6 is 15.9 Å². The van der Waals surface area contributed by atoms with Crippen LogP contribution in [-0.2, 0) is 6.61 Å². The molecule has 2 aromatic rings. The van der Waals surface area contributed by atoms with E-state index in [1.54, 1.807) is 7.11 Å². The van der Waals surface area contributed by atoms with Crippen LogP contribution in [0.25, 0.3) is 0 Å². The molecular formula is C15H16BrNO2. The number of aliphatic hydroxyl groups is 1. The largest absolute Gasteiger partial charge is 0.495 e. The molecule has 19 heavy (non-hydrogen) atoms. The van der Waals surface area contributed by atoms with Gasteiger partial charge < -0.3 is 14.7 Å². The molecule has 0 spiro atoms. The van der Waals surface area contributed by atoms with Crippen LogP contribution in [0.2, 0.25) is 0 Å². The number of hydrogen-bond acceptors (Lipinski definition) is 3. The summed E-state index contributed by atoms with van der Waals surface area (Å²) in [7, 11) is 3.65. The molecule has 1 N–H and O–H groups in total. The fraction of sp³-hybridized carbons (Fsp3) is 0.200. The lowest BCUT2D eigenvalue weighted by Gasteiger charge is -2.23. The average molecular weight is 322 g/mol. The summed E-state index contributed by atoms with van der Waals surface area (Å²) in [6.45, 7) is 0.0389. The standard InChI is InChI=1S/C15H16BrNO2/c1-17(14-5-3-4-6-15(14)19-2)13-8-7-11(10-18)9-12(13)16/h3-9,18H,10H2,1-2H3. The van der Waals surface area contributed by atoms with Crippen molar-refractivity contribution in [3.8, 4) is 5.75 Å². The zero-order valence-electron chi connectivity index (χ0n) is 10.9. The first-order valence-electron chi connectivity index (χ1n) is 5.93. The molecule has 2 rings (SSSR count). The van der Waals surface area contributed by atoms with Gasteiger partial charge in [0, 0.05) is 11.5 Å². The molecule has 0 unspecified atom stereocenters. The zero-order valence-corrected chi connectivity index (χ0v) is 12.5. The minimum absolute atomic E-state index is 0.0389. The van der Waals surface area contributed by atoms with Gasteiger partial charge in [0.2, 0.25) is 0 Å². The topological polar surface area (TPSA) is 32.7 Å². The maximum absolute atomic E-state index is 9.14. The summed E-state index contributed by atoms with van der Waals surface area (Å²) in [6.07, 6.45) is 0. The number of aliphatic hydroxyl groups excluding tert-OH is 1. The monoisotopic (exact) mass is 321 g/mol. The van der Waals surface area contributed by atoms with Gasteiger partial charge in [0.1, 0.15) is 5.75 Å². The number of benzene rings is 2. The molecule has 2 aromatic carbocycles. The molecule has 0 bridgehead atoms. The van der Waals surface area contributed by atoms with Crippen LogP contribution in [0.3, 0.4) is 0 Å². The third kappa shape index (κ3) is 2.91. The highest BCUT2D eigenvalue weighted by Gasteiger charge is 2.12. The molecule has 100 valence electrons. The second-order valence-corrected chi connectivity index (χ2v) is 5.03. The number of methoxy groups -OCH3 is 1. The molecule has 0 heterocycles. The molecule has 0 aromatic heterocycles. The Hall–Kier alpha value is -1.52. The van der Waals surface area contributed by atoms with Gasteiger partial charge in [-0.05, 0) is 45.8 Å². The van der Waals surface area contributed by atoms with Gasteiger partial charge in [-0.25, -0.2) is 0 Å². The quantitative estimate of drug-likeness (QED) is 0.931. The van der Waals surface area contributed by atoms with E-state index in [2.05, 4.69) is 15.9 Å². The summed E-state index contributed by atoms with van der Waals surface area (Å²) in [5.41, 5.74) is 2.88. The SMILES string of the molecule is COc1ccccc1N(C)c1ccc(CO)cc1Br. The lowest BCUT2D eigenvalue weighted by molar-refractivity contribution is 0.282. The molecule has 0 aliphatic heterocycles. The van der Waals surface area contributed by atoms with Crippen LogP contribution in [0.15, 0.2) is 46.9 Å². The Morgan fingerprint density at radius 2 is 1.89 bits per heavy atom. The number of nitrogens with zero attached hydrogens (tertiary/aromatic N) is 1. The lowest BCUT2D eigenvalue weighted by Crippen LogP contribution is -2.11. The smallest absolute Gasteiger partial charge is 0.142 e. The van der Waals surface area contributed by atoms with Crippen LogP contribution < -0.4 is 9.64 Å². The van der Waals surface area contributed by atoms with Crippen molar-refractivity contribution in [2.45, 2.75) is 6.61 Å². The van der Waals surface area contributed by atoms with Crippen molar-refractivity contribution in [3.05, 3.63) is 52.5 Å². The second-order valence-electron chi connectivity index (χ2n) is 4.17. The molecule has 0 aliphatic rings. The van der Waals surface area contributed by atoms with Crippen molar-refractivity contribution in [1.29, 1.82) is 0 Å². The maximum atomic E-state index is 9.14.